The molecule has 1 heterocycles. The summed E-state index contributed by atoms with van der Waals surface area (Å²) in [7, 11) is 0. The van der Waals surface area contributed by atoms with Crippen molar-refractivity contribution in [3.63, 3.8) is 0 Å². The third kappa shape index (κ3) is 2.99. The standard InChI is InChI=1S/C15H20ClN3/c1-10(2)17-8-13-6-5-7-14(16)15(13)19-9-18-11(3)12(19)4/h5-7,9-10,17H,8H2,1-4H3. The SMILES string of the molecule is Cc1ncn(-c2c(Cl)cccc2CNC(C)C)c1C. The van der Waals surface area contributed by atoms with E-state index in [2.05, 4.69) is 41.7 Å². The highest BCUT2D eigenvalue weighted by Gasteiger charge is 2.12. The van der Waals surface area contributed by atoms with Crippen LogP contribution in [0, 0.1) is 13.8 Å². The van der Waals surface area contributed by atoms with Crippen LogP contribution in [0.1, 0.15) is 30.8 Å². The molecule has 1 aromatic carbocycles. The molecule has 1 aromatic heterocycles. The van der Waals surface area contributed by atoms with Crippen LogP contribution in [0.4, 0.5) is 0 Å². The van der Waals surface area contributed by atoms with Crippen LogP contribution in [0.25, 0.3) is 5.69 Å². The summed E-state index contributed by atoms with van der Waals surface area (Å²) >= 11 is 6.38. The molecular weight excluding hydrogens is 258 g/mol. The zero-order valence-electron chi connectivity index (χ0n) is 11.9. The van der Waals surface area contributed by atoms with E-state index in [1.54, 1.807) is 0 Å². The molecule has 0 aliphatic heterocycles. The Balaban J connectivity index is 2.46. The van der Waals surface area contributed by atoms with Gasteiger partial charge in [0.05, 0.1) is 22.7 Å². The summed E-state index contributed by atoms with van der Waals surface area (Å²) in [6.07, 6.45) is 1.84. The Morgan fingerprint density at radius 1 is 1.32 bits per heavy atom. The summed E-state index contributed by atoms with van der Waals surface area (Å²) in [6, 6.07) is 6.45. The van der Waals surface area contributed by atoms with Gasteiger partial charge in [0, 0.05) is 18.3 Å². The van der Waals surface area contributed by atoms with E-state index in [4.69, 9.17) is 11.6 Å². The van der Waals surface area contributed by atoms with Crippen LogP contribution in [-0.2, 0) is 6.54 Å². The summed E-state index contributed by atoms with van der Waals surface area (Å²) in [5.74, 6) is 0. The van der Waals surface area contributed by atoms with Crippen molar-refractivity contribution in [3.8, 4) is 5.69 Å². The Hall–Kier alpha value is -1.32. The lowest BCUT2D eigenvalue weighted by atomic mass is 10.1. The minimum atomic E-state index is 0.442. The van der Waals surface area contributed by atoms with Crippen LogP contribution >= 0.6 is 11.6 Å². The molecule has 0 spiro atoms. The maximum atomic E-state index is 6.38. The number of halogens is 1. The van der Waals surface area contributed by atoms with Crippen molar-refractivity contribution in [2.75, 3.05) is 0 Å². The minimum Gasteiger partial charge on any atom is -0.310 e. The Kier molecular flexibility index (Phi) is 4.27. The zero-order valence-corrected chi connectivity index (χ0v) is 12.6. The van der Waals surface area contributed by atoms with E-state index in [1.807, 2.05) is 25.4 Å². The number of rotatable bonds is 4. The predicted octanol–water partition coefficient (Wildman–Crippen LogP) is 3.64. The molecule has 0 saturated carbocycles. The van der Waals surface area contributed by atoms with Crippen molar-refractivity contribution in [2.24, 2.45) is 0 Å². The molecule has 4 heteroatoms. The van der Waals surface area contributed by atoms with Gasteiger partial charge in [-0.05, 0) is 25.5 Å². The van der Waals surface area contributed by atoms with Crippen molar-refractivity contribution in [3.05, 3.63) is 46.5 Å². The van der Waals surface area contributed by atoms with Gasteiger partial charge in [-0.1, -0.05) is 37.6 Å². The topological polar surface area (TPSA) is 29.9 Å². The molecule has 0 fully saturated rings. The summed E-state index contributed by atoms with van der Waals surface area (Å²) in [6.45, 7) is 9.14. The Labute approximate surface area is 119 Å². The van der Waals surface area contributed by atoms with E-state index in [0.29, 0.717) is 6.04 Å². The molecule has 2 rings (SSSR count). The maximum absolute atomic E-state index is 6.38. The van der Waals surface area contributed by atoms with Crippen molar-refractivity contribution < 1.29 is 0 Å². The normalized spacial score (nSPS) is 11.3. The minimum absolute atomic E-state index is 0.442. The molecule has 2 aromatic rings. The van der Waals surface area contributed by atoms with Gasteiger partial charge in [-0.25, -0.2) is 4.98 Å². The first kappa shape index (κ1) is 14.1. The van der Waals surface area contributed by atoms with E-state index in [0.717, 1.165) is 28.6 Å². The molecule has 102 valence electrons. The van der Waals surface area contributed by atoms with Crippen molar-refractivity contribution in [1.29, 1.82) is 0 Å². The van der Waals surface area contributed by atoms with Crippen LogP contribution in [0.3, 0.4) is 0 Å². The number of imidazole rings is 1. The van der Waals surface area contributed by atoms with Crippen LogP contribution in [-0.4, -0.2) is 15.6 Å². The van der Waals surface area contributed by atoms with Crippen LogP contribution in [0.2, 0.25) is 5.02 Å². The van der Waals surface area contributed by atoms with Crippen molar-refractivity contribution in [2.45, 2.75) is 40.3 Å². The smallest absolute Gasteiger partial charge is 0.0998 e. The fourth-order valence-electron chi connectivity index (χ4n) is 2.01. The Morgan fingerprint density at radius 3 is 2.63 bits per heavy atom. The predicted molar refractivity (Wildman–Crippen MR) is 80.0 cm³/mol. The fourth-order valence-corrected chi connectivity index (χ4v) is 2.30. The van der Waals surface area contributed by atoms with Crippen molar-refractivity contribution in [1.82, 2.24) is 14.9 Å². The van der Waals surface area contributed by atoms with Crippen LogP contribution < -0.4 is 5.32 Å². The molecule has 0 aliphatic rings. The third-order valence-electron chi connectivity index (χ3n) is 3.26. The lowest BCUT2D eigenvalue weighted by Crippen LogP contribution is -2.22. The Morgan fingerprint density at radius 2 is 2.05 bits per heavy atom. The van der Waals surface area contributed by atoms with Gasteiger partial charge in [0.25, 0.3) is 0 Å². The number of aromatic nitrogens is 2. The molecule has 0 unspecified atom stereocenters. The third-order valence-corrected chi connectivity index (χ3v) is 3.57. The van der Waals surface area contributed by atoms with Crippen LogP contribution in [0.15, 0.2) is 24.5 Å². The monoisotopic (exact) mass is 277 g/mol. The highest BCUT2D eigenvalue weighted by atomic mass is 35.5. The molecule has 0 saturated heterocycles. The highest BCUT2D eigenvalue weighted by molar-refractivity contribution is 6.32. The van der Waals surface area contributed by atoms with Gasteiger partial charge in [0.15, 0.2) is 0 Å². The number of nitrogens with one attached hydrogen (secondary N) is 1. The van der Waals surface area contributed by atoms with Gasteiger partial charge < -0.3 is 9.88 Å². The summed E-state index contributed by atoms with van der Waals surface area (Å²) in [4.78, 5) is 4.35. The molecule has 0 bridgehead atoms. The first-order valence-corrected chi connectivity index (χ1v) is 6.90. The Bertz CT molecular complexity index is 573. The number of benzene rings is 1. The number of hydrogen-bond acceptors (Lipinski definition) is 2. The summed E-state index contributed by atoms with van der Waals surface area (Å²) < 4.78 is 2.06. The first-order valence-electron chi connectivity index (χ1n) is 6.52. The average Bonchev–Trinajstić information content (AvgIpc) is 2.68. The maximum Gasteiger partial charge on any atom is 0.0998 e. The molecule has 19 heavy (non-hydrogen) atoms. The van der Waals surface area contributed by atoms with Gasteiger partial charge in [-0.3, -0.25) is 0 Å². The van der Waals surface area contributed by atoms with Crippen LogP contribution in [0.5, 0.6) is 0 Å². The average molecular weight is 278 g/mol. The van der Waals surface area contributed by atoms with Crippen molar-refractivity contribution >= 4 is 11.6 Å². The lowest BCUT2D eigenvalue weighted by molar-refractivity contribution is 0.587. The van der Waals surface area contributed by atoms with Gasteiger partial charge in [0.2, 0.25) is 0 Å². The van der Waals surface area contributed by atoms with E-state index < -0.39 is 0 Å². The van der Waals surface area contributed by atoms with E-state index in [9.17, 15) is 0 Å². The van der Waals surface area contributed by atoms with E-state index in [-0.39, 0.29) is 0 Å². The van der Waals surface area contributed by atoms with Gasteiger partial charge in [-0.15, -0.1) is 0 Å². The van der Waals surface area contributed by atoms with Gasteiger partial charge in [-0.2, -0.15) is 0 Å². The molecular formula is C15H20ClN3. The second kappa shape index (κ2) is 5.76. The second-order valence-corrected chi connectivity index (χ2v) is 5.48. The molecule has 0 radical (unpaired) electrons. The van der Waals surface area contributed by atoms with Gasteiger partial charge >= 0.3 is 0 Å². The number of nitrogens with zero attached hydrogens (tertiary/aromatic N) is 2. The molecule has 0 aliphatic carbocycles. The van der Waals surface area contributed by atoms with Gasteiger partial charge in [0.1, 0.15) is 0 Å². The summed E-state index contributed by atoms with van der Waals surface area (Å²) in [5, 5.41) is 4.19. The van der Waals surface area contributed by atoms with E-state index in [1.165, 1.54) is 5.56 Å². The quantitative estimate of drug-likeness (QED) is 0.925. The first-order chi connectivity index (χ1) is 9.00. The summed E-state index contributed by atoms with van der Waals surface area (Å²) in [5.41, 5.74) is 4.36. The molecule has 0 atom stereocenters. The lowest BCUT2D eigenvalue weighted by Gasteiger charge is -2.16. The second-order valence-electron chi connectivity index (χ2n) is 5.07. The van der Waals surface area contributed by atoms with E-state index >= 15 is 0 Å². The number of aryl methyl sites for hydroxylation is 1. The molecule has 0 amide bonds. The molecule has 1 N–H and O–H groups in total. The zero-order chi connectivity index (χ0) is 14.0. The molecule has 3 nitrogen and oxygen atoms in total. The fraction of sp³-hybridized carbons (Fsp3) is 0.400. The largest absolute Gasteiger partial charge is 0.310 e. The number of hydrogen-bond donors (Lipinski definition) is 1. The number of para-hydroxylation sites is 1. The highest BCUT2D eigenvalue weighted by Crippen LogP contribution is 2.26.